The van der Waals surface area contributed by atoms with Gasteiger partial charge in [0.25, 0.3) is 0 Å². The van der Waals surface area contributed by atoms with Crippen LogP contribution in [0.4, 0.5) is 0 Å². The molecule has 0 unspecified atom stereocenters. The minimum absolute atomic E-state index is 0.145. The number of carboxylic acids is 1. The molecule has 20 heavy (non-hydrogen) atoms. The molecule has 4 heteroatoms. The molecule has 0 atom stereocenters. The summed E-state index contributed by atoms with van der Waals surface area (Å²) in [6, 6.07) is 3.98. The van der Waals surface area contributed by atoms with E-state index >= 15 is 0 Å². The van der Waals surface area contributed by atoms with Crippen molar-refractivity contribution in [1.29, 1.82) is 0 Å². The molecular formula is C16H25NO2S. The number of aliphatic carboxylic acids is 1. The van der Waals surface area contributed by atoms with E-state index in [1.165, 1.54) is 37.0 Å². The van der Waals surface area contributed by atoms with Crippen molar-refractivity contribution in [3.05, 3.63) is 21.9 Å². The van der Waals surface area contributed by atoms with Crippen LogP contribution in [0.2, 0.25) is 0 Å². The van der Waals surface area contributed by atoms with E-state index in [9.17, 15) is 4.79 Å². The van der Waals surface area contributed by atoms with Gasteiger partial charge in [-0.05, 0) is 43.4 Å². The fraction of sp³-hybridized carbons (Fsp3) is 0.688. The minimum atomic E-state index is -0.751. The highest BCUT2D eigenvalue weighted by atomic mass is 32.1. The maximum absolute atomic E-state index is 10.6. The molecule has 2 N–H and O–H groups in total. The lowest BCUT2D eigenvalue weighted by Gasteiger charge is -2.27. The topological polar surface area (TPSA) is 49.3 Å². The van der Waals surface area contributed by atoms with Crippen LogP contribution in [0, 0.1) is 11.8 Å². The van der Waals surface area contributed by atoms with Crippen molar-refractivity contribution in [1.82, 2.24) is 5.32 Å². The maximum Gasteiger partial charge on any atom is 0.308 e. The summed E-state index contributed by atoms with van der Waals surface area (Å²) in [4.78, 5) is 12.8. The van der Waals surface area contributed by atoms with Gasteiger partial charge in [0.1, 0.15) is 0 Å². The van der Waals surface area contributed by atoms with Crippen LogP contribution in [0.15, 0.2) is 12.1 Å². The van der Waals surface area contributed by atoms with E-state index in [1.54, 1.807) is 11.3 Å². The number of carbonyl (C=O) groups is 1. The summed E-state index contributed by atoms with van der Waals surface area (Å²) in [7, 11) is 0. The first-order valence-corrected chi connectivity index (χ1v) is 8.49. The Morgan fingerprint density at radius 2 is 1.90 bits per heavy atom. The third-order valence-electron chi connectivity index (χ3n) is 4.32. The second-order valence-electron chi connectivity index (χ2n) is 5.86. The van der Waals surface area contributed by atoms with Gasteiger partial charge in [0.2, 0.25) is 0 Å². The van der Waals surface area contributed by atoms with Crippen LogP contribution in [0.5, 0.6) is 0 Å². The van der Waals surface area contributed by atoms with Crippen LogP contribution < -0.4 is 5.32 Å². The first kappa shape index (κ1) is 15.5. The van der Waals surface area contributed by atoms with Gasteiger partial charge in [0, 0.05) is 16.3 Å². The molecule has 3 nitrogen and oxygen atoms in total. The first-order chi connectivity index (χ1) is 9.67. The van der Waals surface area contributed by atoms with E-state index in [1.807, 2.05) is 12.1 Å². The van der Waals surface area contributed by atoms with Crippen LogP contribution in [0.25, 0.3) is 0 Å². The normalized spacial score (nSPS) is 22.9. The zero-order valence-electron chi connectivity index (χ0n) is 12.2. The lowest BCUT2D eigenvalue weighted by atomic mass is 9.81. The summed E-state index contributed by atoms with van der Waals surface area (Å²) in [6.07, 6.45) is 6.99. The third-order valence-corrected chi connectivity index (χ3v) is 5.40. The van der Waals surface area contributed by atoms with E-state index in [0.717, 1.165) is 29.8 Å². The van der Waals surface area contributed by atoms with Crippen LogP contribution in [-0.2, 0) is 17.8 Å². The molecule has 1 aliphatic carbocycles. The highest BCUT2D eigenvalue weighted by Crippen LogP contribution is 2.30. The second-order valence-corrected chi connectivity index (χ2v) is 7.12. The molecule has 1 saturated carbocycles. The Hall–Kier alpha value is -0.870. The molecule has 1 aromatic rings. The van der Waals surface area contributed by atoms with Gasteiger partial charge in [-0.3, -0.25) is 4.79 Å². The van der Waals surface area contributed by atoms with Gasteiger partial charge in [-0.2, -0.15) is 0 Å². The molecule has 0 aliphatic heterocycles. The van der Waals surface area contributed by atoms with Gasteiger partial charge in [0.05, 0.1) is 6.42 Å². The maximum atomic E-state index is 10.6. The Morgan fingerprint density at radius 3 is 2.55 bits per heavy atom. The summed E-state index contributed by atoms with van der Waals surface area (Å²) in [5, 5.41) is 12.3. The highest BCUT2D eigenvalue weighted by Gasteiger charge is 2.19. The van der Waals surface area contributed by atoms with Crippen LogP contribution >= 0.6 is 11.3 Å². The van der Waals surface area contributed by atoms with Crippen molar-refractivity contribution in [2.45, 2.75) is 52.0 Å². The van der Waals surface area contributed by atoms with Gasteiger partial charge < -0.3 is 10.4 Å². The average molecular weight is 295 g/mol. The molecule has 1 aromatic heterocycles. The molecular weight excluding hydrogens is 270 g/mol. The molecule has 1 heterocycles. The van der Waals surface area contributed by atoms with Crippen molar-refractivity contribution in [2.75, 3.05) is 6.54 Å². The quantitative estimate of drug-likeness (QED) is 0.806. The molecule has 0 aromatic carbocycles. The summed E-state index contributed by atoms with van der Waals surface area (Å²) in [6.45, 7) is 4.27. The zero-order valence-corrected chi connectivity index (χ0v) is 13.0. The lowest BCUT2D eigenvalue weighted by molar-refractivity contribution is -0.136. The average Bonchev–Trinajstić information content (AvgIpc) is 2.86. The molecule has 0 radical (unpaired) electrons. The van der Waals surface area contributed by atoms with Crippen molar-refractivity contribution in [2.24, 2.45) is 11.8 Å². The van der Waals surface area contributed by atoms with Crippen LogP contribution in [0.1, 0.15) is 48.8 Å². The number of carboxylic acid groups (broad SMARTS) is 1. The Kier molecular flexibility index (Phi) is 6.05. The smallest absolute Gasteiger partial charge is 0.308 e. The Morgan fingerprint density at radius 1 is 1.25 bits per heavy atom. The van der Waals surface area contributed by atoms with Crippen molar-refractivity contribution >= 4 is 17.3 Å². The largest absolute Gasteiger partial charge is 0.481 e. The Bertz CT molecular complexity index is 422. The fourth-order valence-electron chi connectivity index (χ4n) is 3.00. The number of hydrogen-bond donors (Lipinski definition) is 2. The second kappa shape index (κ2) is 7.79. The predicted octanol–water partition coefficient (Wildman–Crippen LogP) is 3.68. The van der Waals surface area contributed by atoms with E-state index in [2.05, 4.69) is 12.2 Å². The molecule has 0 spiro atoms. The lowest BCUT2D eigenvalue weighted by Crippen LogP contribution is -2.25. The fourth-order valence-corrected chi connectivity index (χ4v) is 3.98. The summed E-state index contributed by atoms with van der Waals surface area (Å²) in [5.74, 6) is 1.04. The van der Waals surface area contributed by atoms with E-state index in [0.29, 0.717) is 0 Å². The summed E-state index contributed by atoms with van der Waals surface area (Å²) >= 11 is 1.61. The van der Waals surface area contributed by atoms with Gasteiger partial charge in [0.15, 0.2) is 0 Å². The summed E-state index contributed by atoms with van der Waals surface area (Å²) < 4.78 is 0. The monoisotopic (exact) mass is 295 g/mol. The molecule has 112 valence electrons. The molecule has 1 aliphatic rings. The van der Waals surface area contributed by atoms with Gasteiger partial charge in [-0.15, -0.1) is 11.3 Å². The number of rotatable bonds is 7. The number of hydrogen-bond acceptors (Lipinski definition) is 3. The highest BCUT2D eigenvalue weighted by molar-refractivity contribution is 7.12. The third kappa shape index (κ3) is 4.91. The number of thiophene rings is 1. The van der Waals surface area contributed by atoms with Crippen molar-refractivity contribution < 1.29 is 9.90 Å². The van der Waals surface area contributed by atoms with Crippen LogP contribution in [0.3, 0.4) is 0 Å². The van der Waals surface area contributed by atoms with E-state index in [-0.39, 0.29) is 6.42 Å². The minimum Gasteiger partial charge on any atom is -0.481 e. The van der Waals surface area contributed by atoms with Crippen molar-refractivity contribution in [3.63, 3.8) is 0 Å². The number of nitrogens with one attached hydrogen (secondary N) is 1. The van der Waals surface area contributed by atoms with E-state index < -0.39 is 5.97 Å². The van der Waals surface area contributed by atoms with E-state index in [4.69, 9.17) is 5.11 Å². The summed E-state index contributed by atoms with van der Waals surface area (Å²) in [5.41, 5.74) is 0. The zero-order chi connectivity index (χ0) is 14.4. The standard InChI is InChI=1S/C16H25NO2S/c1-2-12-3-5-13(6-4-12)10-17-11-15-8-7-14(20-15)9-16(18)19/h7-8,12-13,17H,2-6,9-11H2,1H3,(H,18,19). The Labute approximate surface area is 125 Å². The van der Waals surface area contributed by atoms with Crippen molar-refractivity contribution in [3.8, 4) is 0 Å². The molecule has 0 amide bonds. The van der Waals surface area contributed by atoms with Crippen LogP contribution in [-0.4, -0.2) is 17.6 Å². The van der Waals surface area contributed by atoms with Gasteiger partial charge in [-0.1, -0.05) is 26.2 Å². The first-order valence-electron chi connectivity index (χ1n) is 7.67. The Balaban J connectivity index is 1.66. The predicted molar refractivity (Wildman–Crippen MR) is 83.1 cm³/mol. The molecule has 1 fully saturated rings. The molecule has 0 bridgehead atoms. The van der Waals surface area contributed by atoms with Gasteiger partial charge in [-0.25, -0.2) is 0 Å². The molecule has 0 saturated heterocycles. The molecule has 2 rings (SSSR count). The SMILES string of the molecule is CCC1CCC(CNCc2ccc(CC(=O)O)s2)CC1. The van der Waals surface area contributed by atoms with Gasteiger partial charge >= 0.3 is 5.97 Å².